The maximum Gasteiger partial charge on any atom is 0.333 e. The van der Waals surface area contributed by atoms with Gasteiger partial charge in [0.2, 0.25) is 5.82 Å². The summed E-state index contributed by atoms with van der Waals surface area (Å²) >= 11 is 0. The van der Waals surface area contributed by atoms with Gasteiger partial charge in [-0.2, -0.15) is 10.2 Å². The molecule has 3 aromatic rings. The molecule has 1 aromatic carbocycles. The summed E-state index contributed by atoms with van der Waals surface area (Å²) in [7, 11) is 1.72. The minimum Gasteiger partial charge on any atom is -0.358 e. The molecule has 0 saturated carbocycles. The van der Waals surface area contributed by atoms with Gasteiger partial charge >= 0.3 is 5.69 Å². The number of hydrogen-bond acceptors (Lipinski definition) is 5. The summed E-state index contributed by atoms with van der Waals surface area (Å²) in [6.07, 6.45) is 0.511. The van der Waals surface area contributed by atoms with Crippen LogP contribution in [0.3, 0.4) is 0 Å². The number of nitrogens with zero attached hydrogens (tertiary/aromatic N) is 5. The molecular formula is C19H24N6O2. The number of aryl methyl sites for hydroxylation is 4. The van der Waals surface area contributed by atoms with E-state index in [1.54, 1.807) is 7.05 Å². The molecule has 27 heavy (non-hydrogen) atoms. The molecule has 0 fully saturated rings. The van der Waals surface area contributed by atoms with Gasteiger partial charge in [-0.05, 0) is 51.0 Å². The predicted octanol–water partition coefficient (Wildman–Crippen LogP) is 3.87. The van der Waals surface area contributed by atoms with Crippen LogP contribution in [0.5, 0.6) is 0 Å². The lowest BCUT2D eigenvalue weighted by molar-refractivity contribution is -0.384. The second kappa shape index (κ2) is 7.22. The zero-order chi connectivity index (χ0) is 19.7. The maximum atomic E-state index is 11.5. The van der Waals surface area contributed by atoms with Gasteiger partial charge < -0.3 is 5.32 Å². The van der Waals surface area contributed by atoms with Gasteiger partial charge in [0, 0.05) is 12.7 Å². The average Bonchev–Trinajstić information content (AvgIpc) is 3.13. The molecule has 3 rings (SSSR count). The van der Waals surface area contributed by atoms with Crippen molar-refractivity contribution < 1.29 is 4.92 Å². The van der Waals surface area contributed by atoms with Crippen molar-refractivity contribution in [3.63, 3.8) is 0 Å². The Morgan fingerprint density at radius 2 is 1.89 bits per heavy atom. The molecule has 1 N–H and O–H groups in total. The summed E-state index contributed by atoms with van der Waals surface area (Å²) in [5.41, 5.74) is 4.58. The number of nitro groups is 1. The standard InChI is InChI=1S/C19H24N6O2/c1-6-17-18(25(26)27)19(23(5)22-17)20-14(4)15-7-9-16(10-8-15)24-13(3)11-12(2)21-24/h7-11,14,20H,6H2,1-5H3. The molecule has 142 valence electrons. The molecule has 1 atom stereocenters. The van der Waals surface area contributed by atoms with Crippen molar-refractivity contribution in [1.82, 2.24) is 19.6 Å². The van der Waals surface area contributed by atoms with Crippen LogP contribution >= 0.6 is 0 Å². The minimum absolute atomic E-state index is 0.0473. The van der Waals surface area contributed by atoms with E-state index >= 15 is 0 Å². The second-order valence-electron chi connectivity index (χ2n) is 6.67. The quantitative estimate of drug-likeness (QED) is 0.527. The smallest absolute Gasteiger partial charge is 0.333 e. The van der Waals surface area contributed by atoms with E-state index in [1.807, 2.05) is 62.7 Å². The van der Waals surface area contributed by atoms with Crippen LogP contribution in [0.4, 0.5) is 11.5 Å². The Hall–Kier alpha value is -3.16. The zero-order valence-electron chi connectivity index (χ0n) is 16.2. The zero-order valence-corrected chi connectivity index (χ0v) is 16.2. The molecule has 2 heterocycles. The van der Waals surface area contributed by atoms with Crippen molar-refractivity contribution >= 4 is 11.5 Å². The van der Waals surface area contributed by atoms with Gasteiger partial charge in [0.05, 0.1) is 22.3 Å². The summed E-state index contributed by atoms with van der Waals surface area (Å²) in [4.78, 5) is 11.1. The highest BCUT2D eigenvalue weighted by atomic mass is 16.6. The van der Waals surface area contributed by atoms with Crippen molar-refractivity contribution in [1.29, 1.82) is 0 Å². The molecular weight excluding hydrogens is 344 g/mol. The second-order valence-corrected chi connectivity index (χ2v) is 6.67. The molecule has 8 heteroatoms. The molecule has 0 spiro atoms. The van der Waals surface area contributed by atoms with E-state index in [-0.39, 0.29) is 16.7 Å². The number of nitrogens with one attached hydrogen (secondary N) is 1. The number of hydrogen-bond donors (Lipinski definition) is 1. The largest absolute Gasteiger partial charge is 0.358 e. The van der Waals surface area contributed by atoms with E-state index in [0.29, 0.717) is 17.9 Å². The fourth-order valence-corrected chi connectivity index (χ4v) is 3.24. The lowest BCUT2D eigenvalue weighted by Gasteiger charge is -2.16. The van der Waals surface area contributed by atoms with Crippen LogP contribution in [-0.2, 0) is 13.5 Å². The molecule has 2 aromatic heterocycles. The van der Waals surface area contributed by atoms with Crippen LogP contribution in [0.2, 0.25) is 0 Å². The van der Waals surface area contributed by atoms with E-state index in [2.05, 4.69) is 15.5 Å². The summed E-state index contributed by atoms with van der Waals surface area (Å²) < 4.78 is 3.44. The third-order valence-corrected chi connectivity index (χ3v) is 4.61. The first-order valence-corrected chi connectivity index (χ1v) is 8.92. The normalized spacial score (nSPS) is 12.2. The van der Waals surface area contributed by atoms with Crippen molar-refractivity contribution in [3.05, 3.63) is 63.1 Å². The Bertz CT molecular complexity index is 971. The first kappa shape index (κ1) is 18.6. The van der Waals surface area contributed by atoms with Gasteiger partial charge in [-0.15, -0.1) is 0 Å². The maximum absolute atomic E-state index is 11.5. The number of benzene rings is 1. The number of anilines is 1. The van der Waals surface area contributed by atoms with Crippen LogP contribution in [0, 0.1) is 24.0 Å². The van der Waals surface area contributed by atoms with Crippen LogP contribution in [0.1, 0.15) is 42.5 Å². The van der Waals surface area contributed by atoms with E-state index in [4.69, 9.17) is 0 Å². The Balaban J connectivity index is 1.85. The van der Waals surface area contributed by atoms with Crippen molar-refractivity contribution in [2.24, 2.45) is 7.05 Å². The highest BCUT2D eigenvalue weighted by Crippen LogP contribution is 2.31. The SMILES string of the molecule is CCc1nn(C)c(NC(C)c2ccc(-n3nc(C)cc3C)cc2)c1[N+](=O)[O-]. The molecule has 0 radical (unpaired) electrons. The molecule has 0 amide bonds. The predicted molar refractivity (Wildman–Crippen MR) is 104 cm³/mol. The number of aromatic nitrogens is 4. The van der Waals surface area contributed by atoms with Gasteiger partial charge in [0.25, 0.3) is 0 Å². The van der Waals surface area contributed by atoms with Crippen LogP contribution in [0.15, 0.2) is 30.3 Å². The van der Waals surface area contributed by atoms with E-state index < -0.39 is 0 Å². The van der Waals surface area contributed by atoms with Crippen molar-refractivity contribution in [2.75, 3.05) is 5.32 Å². The van der Waals surface area contributed by atoms with E-state index in [9.17, 15) is 10.1 Å². The minimum atomic E-state index is -0.368. The van der Waals surface area contributed by atoms with Gasteiger partial charge in [-0.3, -0.25) is 10.1 Å². The van der Waals surface area contributed by atoms with Crippen LogP contribution in [-0.4, -0.2) is 24.5 Å². The van der Waals surface area contributed by atoms with Crippen molar-refractivity contribution in [3.8, 4) is 5.69 Å². The third-order valence-electron chi connectivity index (χ3n) is 4.61. The highest BCUT2D eigenvalue weighted by molar-refractivity contribution is 5.60. The van der Waals surface area contributed by atoms with E-state index in [1.165, 1.54) is 4.68 Å². The van der Waals surface area contributed by atoms with Gasteiger partial charge in [-0.25, -0.2) is 9.36 Å². The van der Waals surface area contributed by atoms with Gasteiger partial charge in [0.15, 0.2) is 0 Å². The molecule has 0 saturated heterocycles. The first-order chi connectivity index (χ1) is 12.8. The Morgan fingerprint density at radius 1 is 1.22 bits per heavy atom. The summed E-state index contributed by atoms with van der Waals surface area (Å²) in [5, 5.41) is 23.5. The van der Waals surface area contributed by atoms with Crippen LogP contribution in [0.25, 0.3) is 5.69 Å². The lowest BCUT2D eigenvalue weighted by atomic mass is 10.1. The molecule has 0 aliphatic heterocycles. The third kappa shape index (κ3) is 3.55. The Kier molecular flexibility index (Phi) is 4.98. The topological polar surface area (TPSA) is 90.8 Å². The monoisotopic (exact) mass is 368 g/mol. The first-order valence-electron chi connectivity index (χ1n) is 8.92. The highest BCUT2D eigenvalue weighted by Gasteiger charge is 2.26. The summed E-state index contributed by atoms with van der Waals surface area (Å²) in [5.74, 6) is 0.423. The molecule has 0 aliphatic rings. The Morgan fingerprint density at radius 3 is 2.41 bits per heavy atom. The average molecular weight is 368 g/mol. The number of rotatable bonds is 6. The molecule has 0 bridgehead atoms. The summed E-state index contributed by atoms with van der Waals surface area (Å²) in [6.45, 7) is 7.82. The molecule has 8 nitrogen and oxygen atoms in total. The van der Waals surface area contributed by atoms with Crippen LogP contribution < -0.4 is 5.32 Å². The van der Waals surface area contributed by atoms with Crippen molar-refractivity contribution in [2.45, 2.75) is 40.2 Å². The Labute approximate surface area is 158 Å². The molecule has 1 unspecified atom stereocenters. The lowest BCUT2D eigenvalue weighted by Crippen LogP contribution is -2.11. The van der Waals surface area contributed by atoms with Gasteiger partial charge in [0.1, 0.15) is 5.69 Å². The fraction of sp³-hybridized carbons (Fsp3) is 0.368. The fourth-order valence-electron chi connectivity index (χ4n) is 3.24. The summed E-state index contributed by atoms with van der Waals surface area (Å²) in [6, 6.07) is 9.94. The van der Waals surface area contributed by atoms with E-state index in [0.717, 1.165) is 22.6 Å². The molecule has 0 aliphatic carbocycles. The van der Waals surface area contributed by atoms with Gasteiger partial charge in [-0.1, -0.05) is 19.1 Å².